The van der Waals surface area contributed by atoms with Crippen molar-refractivity contribution in [1.82, 2.24) is 4.90 Å². The highest BCUT2D eigenvalue weighted by Crippen LogP contribution is 2.31. The Bertz CT molecular complexity index is 1440. The van der Waals surface area contributed by atoms with Gasteiger partial charge in [0.15, 0.2) is 5.76 Å². The van der Waals surface area contributed by atoms with Gasteiger partial charge >= 0.3 is 0 Å². The largest absolute Gasteiger partial charge is 0.451 e. The number of nitrogens with zero attached hydrogens (tertiary/aromatic N) is 2. The molecule has 1 aliphatic heterocycles. The molecule has 0 saturated carbocycles. The monoisotopic (exact) mass is 577 g/mol. The molecule has 0 spiro atoms. The van der Waals surface area contributed by atoms with Gasteiger partial charge in [0, 0.05) is 47.5 Å². The van der Waals surface area contributed by atoms with Gasteiger partial charge < -0.3 is 19.5 Å². The van der Waals surface area contributed by atoms with Crippen molar-refractivity contribution >= 4 is 50.7 Å². The number of nitrogens with one attached hydrogen (secondary N) is 1. The van der Waals surface area contributed by atoms with Gasteiger partial charge in [-0.15, -0.1) is 0 Å². The molecule has 0 bridgehead atoms. The Morgan fingerprint density at radius 2 is 1.65 bits per heavy atom. The van der Waals surface area contributed by atoms with E-state index in [2.05, 4.69) is 26.1 Å². The van der Waals surface area contributed by atoms with Crippen LogP contribution in [0.25, 0.3) is 11.3 Å². The molecule has 37 heavy (non-hydrogen) atoms. The van der Waals surface area contributed by atoms with E-state index >= 15 is 0 Å². The first-order valence-electron chi connectivity index (χ1n) is 12.0. The number of carbonyl (C=O) groups excluding carboxylic acids is 2. The third-order valence-corrected chi connectivity index (χ3v) is 7.28. The van der Waals surface area contributed by atoms with Gasteiger partial charge in [-0.2, -0.15) is 0 Å². The summed E-state index contributed by atoms with van der Waals surface area (Å²) in [5.74, 6) is 0.539. The molecule has 1 saturated heterocycles. The summed E-state index contributed by atoms with van der Waals surface area (Å²) in [6.07, 6.45) is 0. The molecule has 8 heteroatoms. The average molecular weight is 579 g/mol. The zero-order valence-electron chi connectivity index (χ0n) is 20.2. The summed E-state index contributed by atoms with van der Waals surface area (Å²) in [5, 5.41) is 3.39. The molecule has 188 valence electrons. The first-order chi connectivity index (χ1) is 17.9. The van der Waals surface area contributed by atoms with Crippen LogP contribution in [0, 0.1) is 6.92 Å². The number of amides is 2. The molecular weight excluding hydrogens is 554 g/mol. The summed E-state index contributed by atoms with van der Waals surface area (Å²) in [6, 6.07) is 24.2. The van der Waals surface area contributed by atoms with E-state index in [1.54, 1.807) is 18.2 Å². The topological polar surface area (TPSA) is 65.8 Å². The lowest BCUT2D eigenvalue weighted by Gasteiger charge is -2.36. The van der Waals surface area contributed by atoms with Gasteiger partial charge in [-0.1, -0.05) is 57.9 Å². The highest BCUT2D eigenvalue weighted by atomic mass is 79.9. The van der Waals surface area contributed by atoms with E-state index in [0.717, 1.165) is 26.9 Å². The summed E-state index contributed by atoms with van der Waals surface area (Å²) < 4.78 is 6.73. The molecule has 1 fully saturated rings. The number of hydrogen-bond donors (Lipinski definition) is 1. The van der Waals surface area contributed by atoms with Gasteiger partial charge in [0.2, 0.25) is 0 Å². The highest BCUT2D eigenvalue weighted by molar-refractivity contribution is 9.10. The van der Waals surface area contributed by atoms with E-state index in [4.69, 9.17) is 16.0 Å². The fraction of sp³-hybridized carbons (Fsp3) is 0.172. The minimum absolute atomic E-state index is 0.0584. The number of carbonyl (C=O) groups is 2. The first-order valence-corrected chi connectivity index (χ1v) is 13.1. The minimum atomic E-state index is -0.351. The van der Waals surface area contributed by atoms with E-state index in [1.807, 2.05) is 72.5 Å². The van der Waals surface area contributed by atoms with Crippen molar-refractivity contribution in [2.45, 2.75) is 6.92 Å². The number of benzene rings is 3. The van der Waals surface area contributed by atoms with Crippen molar-refractivity contribution in [1.29, 1.82) is 0 Å². The van der Waals surface area contributed by atoms with Crippen LogP contribution in [0.15, 0.2) is 87.8 Å². The quantitative estimate of drug-likeness (QED) is 0.280. The molecule has 1 aromatic heterocycles. The van der Waals surface area contributed by atoms with Crippen LogP contribution in [-0.2, 0) is 0 Å². The minimum Gasteiger partial charge on any atom is -0.451 e. The Balaban J connectivity index is 1.21. The molecule has 2 heterocycles. The standard InChI is InChI=1S/C29H25BrClN3O3/c1-19-4-2-3-5-23(19)29(36)34-16-14-33(15-17-34)25-11-10-22(18-24(25)31)32-28(35)27-13-12-26(37-27)20-6-8-21(30)9-7-20/h2-13,18H,14-17H2,1H3,(H,32,35). The average Bonchev–Trinajstić information content (AvgIpc) is 3.40. The van der Waals surface area contributed by atoms with E-state index in [1.165, 1.54) is 0 Å². The summed E-state index contributed by atoms with van der Waals surface area (Å²) in [6.45, 7) is 4.53. The molecule has 6 nitrogen and oxygen atoms in total. The molecular formula is C29H25BrClN3O3. The second-order valence-electron chi connectivity index (χ2n) is 8.89. The molecule has 2 amide bonds. The summed E-state index contributed by atoms with van der Waals surface area (Å²) >= 11 is 10.0. The van der Waals surface area contributed by atoms with Gasteiger partial charge in [-0.3, -0.25) is 9.59 Å². The van der Waals surface area contributed by atoms with Gasteiger partial charge in [-0.25, -0.2) is 0 Å². The number of halogens is 2. The summed E-state index contributed by atoms with van der Waals surface area (Å²) in [4.78, 5) is 29.7. The molecule has 1 aliphatic rings. The van der Waals surface area contributed by atoms with Crippen LogP contribution in [0.5, 0.6) is 0 Å². The number of hydrogen-bond acceptors (Lipinski definition) is 4. The Kier molecular flexibility index (Phi) is 7.35. The zero-order chi connectivity index (χ0) is 25.9. The van der Waals surface area contributed by atoms with Gasteiger partial charge in [0.25, 0.3) is 11.8 Å². The second-order valence-corrected chi connectivity index (χ2v) is 10.2. The Morgan fingerprint density at radius 1 is 0.919 bits per heavy atom. The molecule has 5 rings (SSSR count). The molecule has 0 atom stereocenters. The third kappa shape index (κ3) is 5.58. The molecule has 0 unspecified atom stereocenters. The molecule has 3 aromatic carbocycles. The number of aryl methyl sites for hydroxylation is 1. The second kappa shape index (κ2) is 10.8. The molecule has 4 aromatic rings. The van der Waals surface area contributed by atoms with Crippen molar-refractivity contribution < 1.29 is 14.0 Å². The number of rotatable bonds is 5. The maximum absolute atomic E-state index is 12.9. The van der Waals surface area contributed by atoms with Crippen LogP contribution < -0.4 is 10.2 Å². The van der Waals surface area contributed by atoms with Crippen molar-refractivity contribution in [3.8, 4) is 11.3 Å². The van der Waals surface area contributed by atoms with Crippen molar-refractivity contribution in [3.05, 3.63) is 105 Å². The lowest BCUT2D eigenvalue weighted by molar-refractivity contribution is 0.0746. The zero-order valence-corrected chi connectivity index (χ0v) is 22.6. The van der Waals surface area contributed by atoms with Gasteiger partial charge in [0.1, 0.15) is 5.76 Å². The smallest absolute Gasteiger partial charge is 0.291 e. The van der Waals surface area contributed by atoms with E-state index < -0.39 is 0 Å². The van der Waals surface area contributed by atoms with Crippen LogP contribution in [0.3, 0.4) is 0 Å². The van der Waals surface area contributed by atoms with Crippen LogP contribution in [0.2, 0.25) is 5.02 Å². The SMILES string of the molecule is Cc1ccccc1C(=O)N1CCN(c2ccc(NC(=O)c3ccc(-c4ccc(Br)cc4)o3)cc2Cl)CC1. The van der Waals surface area contributed by atoms with E-state index in [0.29, 0.717) is 42.6 Å². The predicted molar refractivity (Wildman–Crippen MR) is 151 cm³/mol. The van der Waals surface area contributed by atoms with Crippen molar-refractivity contribution in [2.75, 3.05) is 36.4 Å². The van der Waals surface area contributed by atoms with Crippen LogP contribution in [-0.4, -0.2) is 42.9 Å². The van der Waals surface area contributed by atoms with Crippen LogP contribution in [0.4, 0.5) is 11.4 Å². The van der Waals surface area contributed by atoms with Crippen molar-refractivity contribution in [2.24, 2.45) is 0 Å². The Labute approximate surface area is 229 Å². The highest BCUT2D eigenvalue weighted by Gasteiger charge is 2.24. The Morgan fingerprint density at radius 3 is 2.35 bits per heavy atom. The Hall–Kier alpha value is -3.55. The summed E-state index contributed by atoms with van der Waals surface area (Å²) in [7, 11) is 0. The van der Waals surface area contributed by atoms with E-state index in [9.17, 15) is 9.59 Å². The van der Waals surface area contributed by atoms with Crippen LogP contribution in [0.1, 0.15) is 26.5 Å². The maximum Gasteiger partial charge on any atom is 0.291 e. The fourth-order valence-electron chi connectivity index (χ4n) is 4.40. The molecule has 1 N–H and O–H groups in total. The first kappa shape index (κ1) is 25.1. The maximum atomic E-state index is 12.9. The van der Waals surface area contributed by atoms with Crippen LogP contribution >= 0.6 is 27.5 Å². The van der Waals surface area contributed by atoms with E-state index in [-0.39, 0.29) is 17.6 Å². The third-order valence-electron chi connectivity index (χ3n) is 6.45. The molecule has 0 radical (unpaired) electrons. The normalized spacial score (nSPS) is 13.5. The number of anilines is 2. The lowest BCUT2D eigenvalue weighted by Crippen LogP contribution is -2.49. The fourth-order valence-corrected chi connectivity index (χ4v) is 4.96. The lowest BCUT2D eigenvalue weighted by atomic mass is 10.1. The van der Waals surface area contributed by atoms with Crippen molar-refractivity contribution in [3.63, 3.8) is 0 Å². The van der Waals surface area contributed by atoms with Gasteiger partial charge in [-0.05, 0) is 61.0 Å². The predicted octanol–water partition coefficient (Wildman–Crippen LogP) is 6.89. The van der Waals surface area contributed by atoms with Gasteiger partial charge in [0.05, 0.1) is 10.7 Å². The number of piperazine rings is 1. The molecule has 0 aliphatic carbocycles. The number of furan rings is 1. The summed E-state index contributed by atoms with van der Waals surface area (Å²) in [5.41, 5.74) is 4.06.